The van der Waals surface area contributed by atoms with E-state index in [2.05, 4.69) is 49.9 Å². The van der Waals surface area contributed by atoms with Gasteiger partial charge in [0.1, 0.15) is 11.6 Å². The molecule has 2 atom stereocenters. The lowest BCUT2D eigenvalue weighted by atomic mass is 9.66. The van der Waals surface area contributed by atoms with Gasteiger partial charge < -0.3 is 4.74 Å². The molecule has 1 aromatic carbocycles. The number of aromatic nitrogens is 4. The molecular formula is C23H19BrF2N4O2. The molecule has 32 heavy (non-hydrogen) atoms. The third kappa shape index (κ3) is 2.63. The average Bonchev–Trinajstić information content (AvgIpc) is 3.14. The summed E-state index contributed by atoms with van der Waals surface area (Å²) in [6, 6.07) is 5.47. The van der Waals surface area contributed by atoms with Crippen LogP contribution in [0.1, 0.15) is 60.2 Å². The molecule has 5 rings (SSSR count). The van der Waals surface area contributed by atoms with Gasteiger partial charge in [0.25, 0.3) is 0 Å². The normalized spacial score (nSPS) is 22.6. The number of carbonyl (C=O) groups is 1. The minimum Gasteiger partial charge on any atom is -0.463 e. The van der Waals surface area contributed by atoms with Crippen LogP contribution in [0.2, 0.25) is 0 Å². The van der Waals surface area contributed by atoms with Crippen LogP contribution < -0.4 is 0 Å². The number of fused-ring (bicyclic) bond motifs is 5. The molecule has 2 aliphatic carbocycles. The van der Waals surface area contributed by atoms with Crippen molar-refractivity contribution in [3.8, 4) is 11.3 Å². The van der Waals surface area contributed by atoms with Crippen molar-refractivity contribution < 1.29 is 18.3 Å². The van der Waals surface area contributed by atoms with Crippen LogP contribution in [-0.2, 0) is 10.2 Å². The first kappa shape index (κ1) is 21.1. The van der Waals surface area contributed by atoms with E-state index in [4.69, 9.17) is 4.74 Å². The molecule has 6 nitrogen and oxygen atoms in total. The molecule has 9 heteroatoms. The smallest absolute Gasteiger partial charge is 0.376 e. The molecule has 2 bridgehead atoms. The van der Waals surface area contributed by atoms with Crippen molar-refractivity contribution in [3.63, 3.8) is 0 Å². The fourth-order valence-electron chi connectivity index (χ4n) is 5.57. The van der Waals surface area contributed by atoms with Gasteiger partial charge in [0.2, 0.25) is 5.82 Å². The van der Waals surface area contributed by atoms with Crippen LogP contribution in [0, 0.1) is 17.0 Å². The minimum atomic E-state index is -0.683. The van der Waals surface area contributed by atoms with Gasteiger partial charge in [-0.25, -0.2) is 23.5 Å². The summed E-state index contributed by atoms with van der Waals surface area (Å²) >= 11 is 3.56. The number of methoxy groups -OCH3 is 1. The summed E-state index contributed by atoms with van der Waals surface area (Å²) in [5.74, 6) is -1.94. The second-order valence-electron chi connectivity index (χ2n) is 8.73. The van der Waals surface area contributed by atoms with Gasteiger partial charge >= 0.3 is 5.97 Å². The second-order valence-corrected chi connectivity index (χ2v) is 9.58. The Morgan fingerprint density at radius 1 is 1.19 bits per heavy atom. The summed E-state index contributed by atoms with van der Waals surface area (Å²) in [4.78, 5) is 20.8. The summed E-state index contributed by atoms with van der Waals surface area (Å²) < 4.78 is 34.3. The van der Waals surface area contributed by atoms with E-state index in [0.717, 1.165) is 24.1 Å². The van der Waals surface area contributed by atoms with Crippen LogP contribution in [-0.4, -0.2) is 33.2 Å². The average molecular weight is 501 g/mol. The number of nitrogens with zero attached hydrogens (tertiary/aromatic N) is 4. The molecule has 0 amide bonds. The third-order valence-electron chi connectivity index (χ3n) is 7.12. The molecule has 0 unspecified atom stereocenters. The number of rotatable bonds is 3. The van der Waals surface area contributed by atoms with E-state index in [-0.39, 0.29) is 28.4 Å². The van der Waals surface area contributed by atoms with Crippen molar-refractivity contribution in [3.05, 3.63) is 69.3 Å². The highest BCUT2D eigenvalue weighted by Crippen LogP contribution is 2.70. The van der Waals surface area contributed by atoms with Crippen LogP contribution in [0.15, 0.2) is 34.9 Å². The van der Waals surface area contributed by atoms with E-state index in [1.165, 1.54) is 25.3 Å². The summed E-state index contributed by atoms with van der Waals surface area (Å²) in [6.07, 6.45) is 3.13. The molecule has 164 valence electrons. The number of hydrogen-bond acceptors (Lipinski definition) is 6. The fraction of sp³-hybridized carbons (Fsp3) is 0.348. The predicted molar refractivity (Wildman–Crippen MR) is 115 cm³/mol. The zero-order valence-electron chi connectivity index (χ0n) is 17.6. The van der Waals surface area contributed by atoms with Gasteiger partial charge in [-0.1, -0.05) is 19.9 Å². The largest absolute Gasteiger partial charge is 0.463 e. The molecule has 0 aliphatic heterocycles. The monoisotopic (exact) mass is 500 g/mol. The highest BCUT2D eigenvalue weighted by Gasteiger charge is 2.65. The Hall–Kier alpha value is -2.81. The van der Waals surface area contributed by atoms with E-state index in [9.17, 15) is 13.6 Å². The van der Waals surface area contributed by atoms with Crippen molar-refractivity contribution in [2.75, 3.05) is 7.11 Å². The van der Waals surface area contributed by atoms with Gasteiger partial charge in [-0.15, -0.1) is 5.10 Å². The molecule has 0 spiro atoms. The Labute approximate surface area is 191 Å². The number of esters is 1. The maximum absolute atomic E-state index is 14.4. The number of benzene rings is 1. The van der Waals surface area contributed by atoms with Crippen LogP contribution >= 0.6 is 15.9 Å². The van der Waals surface area contributed by atoms with Gasteiger partial charge in [0.15, 0.2) is 0 Å². The van der Waals surface area contributed by atoms with Crippen LogP contribution in [0.5, 0.6) is 0 Å². The molecular weight excluding hydrogens is 482 g/mol. The van der Waals surface area contributed by atoms with Crippen LogP contribution in [0.4, 0.5) is 8.78 Å². The maximum atomic E-state index is 14.4. The van der Waals surface area contributed by atoms with E-state index in [0.29, 0.717) is 10.2 Å². The van der Waals surface area contributed by atoms with E-state index in [1.807, 2.05) is 0 Å². The van der Waals surface area contributed by atoms with Gasteiger partial charge in [0.05, 0.1) is 39.6 Å². The summed E-state index contributed by atoms with van der Waals surface area (Å²) in [6.45, 7) is 4.25. The van der Waals surface area contributed by atoms with Gasteiger partial charge in [-0.3, -0.25) is 0 Å². The molecule has 3 aromatic rings. The SMILES string of the molecule is COC(=O)c1ncc(Br)c([C@@]23CC[C@@H](c4cc(-c5c(F)cccc5F)nnc42)C3(C)C)n1. The number of hydrogen-bond donors (Lipinski definition) is 0. The number of ether oxygens (including phenoxy) is 1. The third-order valence-corrected chi connectivity index (χ3v) is 7.70. The molecule has 1 fully saturated rings. The summed E-state index contributed by atoms with van der Waals surface area (Å²) in [5, 5.41) is 8.72. The van der Waals surface area contributed by atoms with Crippen molar-refractivity contribution in [2.24, 2.45) is 5.41 Å². The summed E-state index contributed by atoms with van der Waals surface area (Å²) in [5.41, 5.74) is 1.26. The van der Waals surface area contributed by atoms with E-state index >= 15 is 0 Å². The molecule has 2 aromatic heterocycles. The Morgan fingerprint density at radius 3 is 2.59 bits per heavy atom. The number of halogens is 3. The highest BCUT2D eigenvalue weighted by atomic mass is 79.9. The lowest BCUT2D eigenvalue weighted by Crippen LogP contribution is -2.38. The maximum Gasteiger partial charge on any atom is 0.376 e. The van der Waals surface area contributed by atoms with Gasteiger partial charge in [-0.2, -0.15) is 5.10 Å². The van der Waals surface area contributed by atoms with Crippen LogP contribution in [0.25, 0.3) is 11.3 Å². The standard InChI is InChI=1S/C23H19BrF2N4O2/c1-22(2)12-7-8-23(22,19-13(24)10-27-20(28-19)21(31)32-3)18-11(12)9-16(29-30-18)17-14(25)5-4-6-15(17)26/h4-6,9-10,12H,7-8H2,1-3H3/t12-,23+/m0/s1. The molecule has 0 radical (unpaired) electrons. The Morgan fingerprint density at radius 2 is 1.91 bits per heavy atom. The first-order valence-electron chi connectivity index (χ1n) is 10.2. The van der Waals surface area contributed by atoms with E-state index in [1.54, 1.807) is 12.3 Å². The topological polar surface area (TPSA) is 77.9 Å². The molecule has 0 saturated heterocycles. The van der Waals surface area contributed by atoms with Crippen LogP contribution in [0.3, 0.4) is 0 Å². The molecule has 1 saturated carbocycles. The van der Waals surface area contributed by atoms with Crippen molar-refractivity contribution in [1.29, 1.82) is 0 Å². The van der Waals surface area contributed by atoms with Crippen molar-refractivity contribution >= 4 is 21.9 Å². The minimum absolute atomic E-state index is 0.0363. The highest BCUT2D eigenvalue weighted by molar-refractivity contribution is 9.10. The zero-order valence-corrected chi connectivity index (χ0v) is 19.2. The van der Waals surface area contributed by atoms with E-state index < -0.39 is 23.0 Å². The fourth-order valence-corrected chi connectivity index (χ4v) is 6.10. The zero-order chi connectivity index (χ0) is 22.8. The second kappa shape index (κ2) is 7.10. The van der Waals surface area contributed by atoms with Gasteiger partial charge in [0, 0.05) is 6.20 Å². The lowest BCUT2D eigenvalue weighted by molar-refractivity contribution is 0.0585. The first-order chi connectivity index (χ1) is 15.2. The Kier molecular flexibility index (Phi) is 4.67. The Balaban J connectivity index is 1.73. The number of carbonyl (C=O) groups excluding carboxylic acids is 1. The van der Waals surface area contributed by atoms with Crippen molar-refractivity contribution in [2.45, 2.75) is 38.0 Å². The lowest BCUT2D eigenvalue weighted by Gasteiger charge is -2.37. The first-order valence-corrected chi connectivity index (χ1v) is 11.0. The Bertz CT molecular complexity index is 1260. The molecule has 2 aliphatic rings. The molecule has 2 heterocycles. The summed E-state index contributed by atoms with van der Waals surface area (Å²) in [7, 11) is 1.28. The van der Waals surface area contributed by atoms with Gasteiger partial charge in [-0.05, 0) is 63.9 Å². The molecule has 0 N–H and O–H groups in total. The predicted octanol–water partition coefficient (Wildman–Crippen LogP) is 4.96. The quantitative estimate of drug-likeness (QED) is 0.472. The van der Waals surface area contributed by atoms with Crippen molar-refractivity contribution in [1.82, 2.24) is 20.2 Å².